The molecular weight excluding hydrogens is 795 g/mol. The molecular formula is C65H49N. The van der Waals surface area contributed by atoms with E-state index in [1.54, 1.807) is 11.1 Å². The maximum absolute atomic E-state index is 2.62. The minimum Gasteiger partial charge on any atom is -0.310 e. The van der Waals surface area contributed by atoms with Gasteiger partial charge in [0.1, 0.15) is 0 Å². The Morgan fingerprint density at radius 3 is 1.41 bits per heavy atom. The lowest BCUT2D eigenvalue weighted by Crippen LogP contribution is -2.32. The second kappa shape index (κ2) is 13.0. The highest BCUT2D eigenvalue weighted by Gasteiger charge is 2.57. The standard InChI is InChI=1S/C65H49N/c1-63(2)55-21-8-3-18-51(55)54-20-13-19-46(62(54)63)41-27-30-43(31-28-41)66(44-32-34-52-47-14-4-9-22-56(47)64(60(52)37-44)39-40-26-29-42(64)36-40)45-33-35-53-50-17-7-12-25-59(50)65(61(53)38-45)57-23-10-5-15-48(57)49-16-6-11-24-58(49)65/h3-25,27-28,30-35,37-38,40,42H,26,29,36,39H2,1-2H3. The Bertz CT molecular complexity index is 3490. The van der Waals surface area contributed by atoms with Crippen LogP contribution in [-0.2, 0) is 16.2 Å². The summed E-state index contributed by atoms with van der Waals surface area (Å²) in [5.41, 5.74) is 28.1. The number of hydrogen-bond acceptors (Lipinski definition) is 1. The first-order valence-electron chi connectivity index (χ1n) is 24.3. The third kappa shape index (κ3) is 4.52. The van der Waals surface area contributed by atoms with Gasteiger partial charge in [-0.2, -0.15) is 0 Å². The third-order valence-electron chi connectivity index (χ3n) is 17.5. The molecule has 6 aliphatic rings. The van der Waals surface area contributed by atoms with Crippen molar-refractivity contribution in [1.29, 1.82) is 0 Å². The van der Waals surface area contributed by atoms with E-state index in [2.05, 4.69) is 219 Å². The summed E-state index contributed by atoms with van der Waals surface area (Å²) in [5.74, 6) is 1.50. The van der Waals surface area contributed by atoms with Crippen LogP contribution < -0.4 is 4.90 Å². The van der Waals surface area contributed by atoms with Crippen molar-refractivity contribution in [2.24, 2.45) is 11.8 Å². The van der Waals surface area contributed by atoms with E-state index in [0.29, 0.717) is 5.92 Å². The van der Waals surface area contributed by atoms with Gasteiger partial charge < -0.3 is 4.90 Å². The Balaban J connectivity index is 0.946. The molecule has 1 heteroatoms. The van der Waals surface area contributed by atoms with Crippen LogP contribution in [0.3, 0.4) is 0 Å². The normalized spacial score (nSPS) is 20.6. The molecule has 3 unspecified atom stereocenters. The molecule has 1 nitrogen and oxygen atoms in total. The van der Waals surface area contributed by atoms with Crippen LogP contribution in [0.15, 0.2) is 200 Å². The smallest absolute Gasteiger partial charge is 0.0726 e. The van der Waals surface area contributed by atoms with Crippen molar-refractivity contribution in [1.82, 2.24) is 0 Å². The molecule has 314 valence electrons. The summed E-state index contributed by atoms with van der Waals surface area (Å²) in [7, 11) is 0. The van der Waals surface area contributed by atoms with E-state index < -0.39 is 5.41 Å². The van der Waals surface area contributed by atoms with E-state index >= 15 is 0 Å². The van der Waals surface area contributed by atoms with Crippen LogP contribution in [0.25, 0.3) is 55.6 Å². The summed E-state index contributed by atoms with van der Waals surface area (Å²) >= 11 is 0. The van der Waals surface area contributed by atoms with Crippen molar-refractivity contribution in [2.45, 2.75) is 55.8 Å². The molecule has 3 atom stereocenters. The summed E-state index contributed by atoms with van der Waals surface area (Å²) in [6.45, 7) is 4.79. The average Bonchev–Trinajstić information content (AvgIpc) is 4.21. The Morgan fingerprint density at radius 1 is 0.379 bits per heavy atom. The number of benzene rings is 9. The second-order valence-corrected chi connectivity index (χ2v) is 20.7. The van der Waals surface area contributed by atoms with E-state index in [1.165, 1.54) is 132 Å². The van der Waals surface area contributed by atoms with Crippen LogP contribution in [0, 0.1) is 11.8 Å². The van der Waals surface area contributed by atoms with Gasteiger partial charge in [0.2, 0.25) is 0 Å². The van der Waals surface area contributed by atoms with Gasteiger partial charge in [0.15, 0.2) is 0 Å². The predicted octanol–water partition coefficient (Wildman–Crippen LogP) is 16.6. The Labute approximate surface area is 388 Å². The van der Waals surface area contributed by atoms with E-state index in [0.717, 1.165) is 5.92 Å². The van der Waals surface area contributed by atoms with Gasteiger partial charge in [-0.25, -0.2) is 0 Å². The summed E-state index contributed by atoms with van der Waals surface area (Å²) < 4.78 is 0. The van der Waals surface area contributed by atoms with Gasteiger partial charge in [-0.3, -0.25) is 0 Å². The van der Waals surface area contributed by atoms with Crippen molar-refractivity contribution in [3.63, 3.8) is 0 Å². The van der Waals surface area contributed by atoms with Crippen LogP contribution >= 0.6 is 0 Å². The highest BCUT2D eigenvalue weighted by Crippen LogP contribution is 2.67. The molecule has 0 aliphatic heterocycles. The summed E-state index contributed by atoms with van der Waals surface area (Å²) in [4.78, 5) is 2.58. The van der Waals surface area contributed by atoms with Gasteiger partial charge in [-0.15, -0.1) is 0 Å². The zero-order valence-corrected chi connectivity index (χ0v) is 37.5. The maximum atomic E-state index is 2.62. The third-order valence-corrected chi connectivity index (χ3v) is 17.5. The molecule has 6 aliphatic carbocycles. The monoisotopic (exact) mass is 843 g/mol. The van der Waals surface area contributed by atoms with Crippen molar-refractivity contribution >= 4 is 17.1 Å². The molecule has 0 amide bonds. The van der Waals surface area contributed by atoms with Gasteiger partial charge in [-0.1, -0.05) is 184 Å². The van der Waals surface area contributed by atoms with Gasteiger partial charge in [0.05, 0.1) is 5.41 Å². The molecule has 0 heterocycles. The Hall–Kier alpha value is -7.22. The molecule has 2 fully saturated rings. The Morgan fingerprint density at radius 2 is 0.833 bits per heavy atom. The molecule has 0 radical (unpaired) electrons. The first kappa shape index (κ1) is 37.0. The second-order valence-electron chi connectivity index (χ2n) is 20.7. The molecule has 0 aromatic heterocycles. The number of anilines is 3. The molecule has 0 N–H and O–H groups in total. The largest absolute Gasteiger partial charge is 0.310 e. The van der Waals surface area contributed by atoms with Crippen LogP contribution in [0.5, 0.6) is 0 Å². The molecule has 0 saturated heterocycles. The number of fused-ring (bicyclic) bond motifs is 21. The molecule has 15 rings (SSSR count). The lowest BCUT2D eigenvalue weighted by molar-refractivity contribution is 0.327. The summed E-state index contributed by atoms with van der Waals surface area (Å²) in [5, 5.41) is 0. The number of nitrogens with zero attached hydrogens (tertiary/aromatic N) is 1. The van der Waals surface area contributed by atoms with Gasteiger partial charge in [-0.05, 0) is 168 Å². The first-order valence-corrected chi connectivity index (χ1v) is 24.3. The quantitative estimate of drug-likeness (QED) is 0.171. The van der Waals surface area contributed by atoms with Crippen molar-refractivity contribution < 1.29 is 0 Å². The fourth-order valence-electron chi connectivity index (χ4n) is 15.1. The first-order chi connectivity index (χ1) is 32.5. The van der Waals surface area contributed by atoms with Gasteiger partial charge in [0.25, 0.3) is 0 Å². The summed E-state index contributed by atoms with van der Waals surface area (Å²) in [6.07, 6.45) is 5.32. The maximum Gasteiger partial charge on any atom is 0.0726 e. The van der Waals surface area contributed by atoms with E-state index in [1.807, 2.05) is 0 Å². The number of rotatable bonds is 4. The highest BCUT2D eigenvalue weighted by molar-refractivity contribution is 5.97. The van der Waals surface area contributed by atoms with Crippen molar-refractivity contribution in [3.05, 3.63) is 245 Å². The molecule has 66 heavy (non-hydrogen) atoms. The molecule has 2 saturated carbocycles. The molecule has 9 aromatic rings. The number of hydrogen-bond donors (Lipinski definition) is 0. The van der Waals surface area contributed by atoms with Crippen LogP contribution in [0.2, 0.25) is 0 Å². The van der Waals surface area contributed by atoms with E-state index in [4.69, 9.17) is 0 Å². The Kier molecular flexibility index (Phi) is 7.29. The topological polar surface area (TPSA) is 3.24 Å². The zero-order chi connectivity index (χ0) is 43.5. The van der Waals surface area contributed by atoms with Gasteiger partial charge >= 0.3 is 0 Å². The highest BCUT2D eigenvalue weighted by atomic mass is 15.1. The van der Waals surface area contributed by atoms with E-state index in [9.17, 15) is 0 Å². The lowest BCUT2D eigenvalue weighted by atomic mass is 9.67. The lowest BCUT2D eigenvalue weighted by Gasteiger charge is -2.37. The minimum absolute atomic E-state index is 0.0827. The molecule has 2 spiro atoms. The fraction of sp³-hybridized carbons (Fsp3) is 0.169. The van der Waals surface area contributed by atoms with Crippen LogP contribution in [0.1, 0.15) is 84.0 Å². The fourth-order valence-corrected chi connectivity index (χ4v) is 15.1. The van der Waals surface area contributed by atoms with Gasteiger partial charge in [0, 0.05) is 27.9 Å². The van der Waals surface area contributed by atoms with Crippen molar-refractivity contribution in [3.8, 4) is 55.6 Å². The zero-order valence-electron chi connectivity index (χ0n) is 37.5. The predicted molar refractivity (Wildman–Crippen MR) is 272 cm³/mol. The van der Waals surface area contributed by atoms with Crippen LogP contribution in [-0.4, -0.2) is 0 Å². The summed E-state index contributed by atoms with van der Waals surface area (Å²) in [6, 6.07) is 77.2. The van der Waals surface area contributed by atoms with Crippen LogP contribution in [0.4, 0.5) is 17.1 Å². The molecule has 2 bridgehead atoms. The van der Waals surface area contributed by atoms with E-state index in [-0.39, 0.29) is 10.8 Å². The average molecular weight is 844 g/mol. The SMILES string of the molecule is CC1(C)c2ccccc2-c2cccc(-c3ccc(N(c4ccc5c(c4)C4(c6ccccc6-c6ccccc64)c4ccccc4-5)c4ccc5c(c4)C4(CC6CCC4C6)c4ccccc4-5)cc3)c21. The molecule has 9 aromatic carbocycles. The minimum atomic E-state index is -0.421. The van der Waals surface area contributed by atoms with Crippen molar-refractivity contribution in [2.75, 3.05) is 4.90 Å².